The van der Waals surface area contributed by atoms with Crippen LogP contribution in [0.15, 0.2) is 48.5 Å². The molecule has 0 aliphatic rings. The van der Waals surface area contributed by atoms with Gasteiger partial charge in [-0.3, -0.25) is 9.59 Å². The number of nitrogens with one attached hydrogen (secondary N) is 2. The number of amides is 2. The molecule has 2 aromatic rings. The molecule has 2 amide bonds. The molecular formula is C21H24N2O6. The summed E-state index contributed by atoms with van der Waals surface area (Å²) in [6.45, 7) is 1.97. The lowest BCUT2D eigenvalue weighted by Crippen LogP contribution is -2.38. The van der Waals surface area contributed by atoms with E-state index in [9.17, 15) is 14.4 Å². The first-order chi connectivity index (χ1) is 13.9. The first kappa shape index (κ1) is 22.1. The fourth-order valence-corrected chi connectivity index (χ4v) is 2.51. The summed E-state index contributed by atoms with van der Waals surface area (Å²) in [4.78, 5) is 35.6. The zero-order chi connectivity index (χ0) is 21.2. The number of ether oxygens (including phenoxy) is 2. The van der Waals surface area contributed by atoms with E-state index in [0.29, 0.717) is 11.3 Å². The largest absolute Gasteiger partial charge is 0.465 e. The minimum absolute atomic E-state index is 0.0661. The van der Waals surface area contributed by atoms with Crippen LogP contribution >= 0.6 is 0 Å². The highest BCUT2D eigenvalue weighted by Gasteiger charge is 2.18. The number of methoxy groups -OCH3 is 1. The average molecular weight is 400 g/mol. The van der Waals surface area contributed by atoms with Crippen LogP contribution in [-0.2, 0) is 19.1 Å². The summed E-state index contributed by atoms with van der Waals surface area (Å²) in [6.07, 6.45) is -0.501. The van der Waals surface area contributed by atoms with Crippen molar-refractivity contribution in [2.75, 3.05) is 32.2 Å². The van der Waals surface area contributed by atoms with E-state index in [0.717, 1.165) is 11.1 Å². The fourth-order valence-electron chi connectivity index (χ4n) is 2.51. The van der Waals surface area contributed by atoms with Gasteiger partial charge in [0.25, 0.3) is 0 Å². The number of rotatable bonds is 8. The molecule has 2 aromatic carbocycles. The standard InChI is InChI=1S/C21H24N2O6/c1-14-3-5-15(6-4-14)18(29-12-11-24)13-22-19(25)20(26)23-17-9-7-16(8-10-17)21(27)28-2/h3-10,18,24H,11-13H2,1-2H3,(H,22,25)(H,23,26). The molecule has 154 valence electrons. The number of aliphatic hydroxyl groups excluding tert-OH is 1. The Labute approximate surface area is 168 Å². The molecule has 0 heterocycles. The maximum Gasteiger partial charge on any atom is 0.337 e. The lowest BCUT2D eigenvalue weighted by Gasteiger charge is -2.18. The third-order valence-corrected chi connectivity index (χ3v) is 4.08. The number of carbonyl (C=O) groups is 3. The zero-order valence-corrected chi connectivity index (χ0v) is 16.3. The summed E-state index contributed by atoms with van der Waals surface area (Å²) < 4.78 is 10.2. The Morgan fingerprint density at radius 1 is 1.00 bits per heavy atom. The van der Waals surface area contributed by atoms with E-state index in [1.165, 1.54) is 31.4 Å². The lowest BCUT2D eigenvalue weighted by atomic mass is 10.1. The molecule has 8 nitrogen and oxygen atoms in total. The van der Waals surface area contributed by atoms with Gasteiger partial charge < -0.3 is 25.2 Å². The van der Waals surface area contributed by atoms with Crippen molar-refractivity contribution in [1.82, 2.24) is 5.32 Å². The van der Waals surface area contributed by atoms with Crippen molar-refractivity contribution < 1.29 is 29.0 Å². The van der Waals surface area contributed by atoms with E-state index < -0.39 is 23.9 Å². The molecular weight excluding hydrogens is 376 g/mol. The Bertz CT molecular complexity index is 833. The van der Waals surface area contributed by atoms with Gasteiger partial charge in [-0.15, -0.1) is 0 Å². The summed E-state index contributed by atoms with van der Waals surface area (Å²) in [5.74, 6) is -2.17. The van der Waals surface area contributed by atoms with Gasteiger partial charge in [0.05, 0.1) is 32.0 Å². The normalized spacial score (nSPS) is 11.4. The van der Waals surface area contributed by atoms with Crippen molar-refractivity contribution in [3.8, 4) is 0 Å². The second kappa shape index (κ2) is 10.9. The number of hydrogen-bond acceptors (Lipinski definition) is 6. The first-order valence-corrected chi connectivity index (χ1v) is 9.01. The van der Waals surface area contributed by atoms with Gasteiger partial charge in [0.15, 0.2) is 0 Å². The molecule has 0 radical (unpaired) electrons. The molecule has 0 saturated carbocycles. The summed E-state index contributed by atoms with van der Waals surface area (Å²) in [6, 6.07) is 13.5. The van der Waals surface area contributed by atoms with Crippen LogP contribution in [0.1, 0.15) is 27.6 Å². The second-order valence-corrected chi connectivity index (χ2v) is 6.23. The maximum atomic E-state index is 12.1. The van der Waals surface area contributed by atoms with E-state index in [4.69, 9.17) is 9.84 Å². The molecule has 2 rings (SSSR count). The van der Waals surface area contributed by atoms with Crippen molar-refractivity contribution in [3.05, 3.63) is 65.2 Å². The van der Waals surface area contributed by atoms with Crippen LogP contribution in [0.2, 0.25) is 0 Å². The molecule has 0 spiro atoms. The fraction of sp³-hybridized carbons (Fsp3) is 0.286. The van der Waals surface area contributed by atoms with Gasteiger partial charge in [0.1, 0.15) is 0 Å². The lowest BCUT2D eigenvalue weighted by molar-refractivity contribution is -0.136. The quantitative estimate of drug-likeness (QED) is 0.458. The SMILES string of the molecule is COC(=O)c1ccc(NC(=O)C(=O)NCC(OCCO)c2ccc(C)cc2)cc1. The summed E-state index contributed by atoms with van der Waals surface area (Å²) in [7, 11) is 1.27. The number of aryl methyl sites for hydroxylation is 1. The smallest absolute Gasteiger partial charge is 0.337 e. The molecule has 29 heavy (non-hydrogen) atoms. The van der Waals surface area contributed by atoms with Gasteiger partial charge in [-0.05, 0) is 36.8 Å². The molecule has 0 fully saturated rings. The predicted octanol–water partition coefficient (Wildman–Crippen LogP) is 1.59. The van der Waals surface area contributed by atoms with E-state index in [1.54, 1.807) is 0 Å². The number of benzene rings is 2. The van der Waals surface area contributed by atoms with Crippen molar-refractivity contribution in [2.24, 2.45) is 0 Å². The van der Waals surface area contributed by atoms with Crippen LogP contribution in [0, 0.1) is 6.92 Å². The Hall–Kier alpha value is -3.23. The molecule has 1 atom stereocenters. The van der Waals surface area contributed by atoms with Crippen LogP contribution < -0.4 is 10.6 Å². The zero-order valence-electron chi connectivity index (χ0n) is 16.3. The van der Waals surface area contributed by atoms with Gasteiger partial charge in [-0.1, -0.05) is 29.8 Å². The third kappa shape index (κ3) is 6.70. The predicted molar refractivity (Wildman–Crippen MR) is 106 cm³/mol. The third-order valence-electron chi connectivity index (χ3n) is 4.08. The van der Waals surface area contributed by atoms with Crippen molar-refractivity contribution in [3.63, 3.8) is 0 Å². The number of carbonyl (C=O) groups excluding carboxylic acids is 3. The number of hydrogen-bond donors (Lipinski definition) is 3. The summed E-state index contributed by atoms with van der Waals surface area (Å²) in [5.41, 5.74) is 2.60. The number of anilines is 1. The molecule has 8 heteroatoms. The number of esters is 1. The van der Waals surface area contributed by atoms with E-state index in [-0.39, 0.29) is 19.8 Å². The highest BCUT2D eigenvalue weighted by molar-refractivity contribution is 6.39. The molecule has 0 bridgehead atoms. The minimum atomic E-state index is -0.847. The highest BCUT2D eigenvalue weighted by Crippen LogP contribution is 2.17. The molecule has 0 aliphatic carbocycles. The van der Waals surface area contributed by atoms with Gasteiger partial charge >= 0.3 is 17.8 Å². The van der Waals surface area contributed by atoms with Crippen LogP contribution in [0.25, 0.3) is 0 Å². The molecule has 3 N–H and O–H groups in total. The minimum Gasteiger partial charge on any atom is -0.465 e. The average Bonchev–Trinajstić information content (AvgIpc) is 2.74. The molecule has 0 aromatic heterocycles. The highest BCUT2D eigenvalue weighted by atomic mass is 16.5. The van der Waals surface area contributed by atoms with Gasteiger partial charge in [-0.25, -0.2) is 4.79 Å². The maximum absolute atomic E-state index is 12.1. The van der Waals surface area contributed by atoms with Gasteiger partial charge in [-0.2, -0.15) is 0 Å². The summed E-state index contributed by atoms with van der Waals surface area (Å²) >= 11 is 0. The van der Waals surface area contributed by atoms with E-state index in [2.05, 4.69) is 15.4 Å². The molecule has 1 unspecified atom stereocenters. The Kier molecular flexibility index (Phi) is 8.32. The Morgan fingerprint density at radius 2 is 1.66 bits per heavy atom. The second-order valence-electron chi connectivity index (χ2n) is 6.23. The topological polar surface area (TPSA) is 114 Å². The Morgan fingerprint density at radius 3 is 2.24 bits per heavy atom. The molecule has 0 aliphatic heterocycles. The van der Waals surface area contributed by atoms with Crippen LogP contribution in [0.4, 0.5) is 5.69 Å². The van der Waals surface area contributed by atoms with Crippen LogP contribution in [0.3, 0.4) is 0 Å². The number of aliphatic hydroxyl groups is 1. The van der Waals surface area contributed by atoms with Crippen molar-refractivity contribution in [2.45, 2.75) is 13.0 Å². The summed E-state index contributed by atoms with van der Waals surface area (Å²) in [5, 5.41) is 14.0. The van der Waals surface area contributed by atoms with Crippen molar-refractivity contribution in [1.29, 1.82) is 0 Å². The molecule has 0 saturated heterocycles. The van der Waals surface area contributed by atoms with Crippen LogP contribution in [0.5, 0.6) is 0 Å². The van der Waals surface area contributed by atoms with E-state index in [1.807, 2.05) is 31.2 Å². The van der Waals surface area contributed by atoms with Gasteiger partial charge in [0.2, 0.25) is 0 Å². The van der Waals surface area contributed by atoms with Crippen LogP contribution in [-0.4, -0.2) is 49.8 Å². The van der Waals surface area contributed by atoms with Gasteiger partial charge in [0, 0.05) is 12.2 Å². The van der Waals surface area contributed by atoms with Crippen molar-refractivity contribution >= 4 is 23.5 Å². The monoisotopic (exact) mass is 400 g/mol. The Balaban J connectivity index is 1.93. The van der Waals surface area contributed by atoms with E-state index >= 15 is 0 Å². The first-order valence-electron chi connectivity index (χ1n) is 9.01.